The van der Waals surface area contributed by atoms with Gasteiger partial charge in [0.25, 0.3) is 0 Å². The molecule has 1 rings (SSSR count). The maximum atomic E-state index is 11.6. The fourth-order valence-corrected chi connectivity index (χ4v) is 1.75. The van der Waals surface area contributed by atoms with Gasteiger partial charge < -0.3 is 5.32 Å². The Morgan fingerprint density at radius 3 is 2.22 bits per heavy atom. The van der Waals surface area contributed by atoms with E-state index in [0.29, 0.717) is 5.82 Å². The molecule has 0 saturated heterocycles. The molecule has 1 aromatic rings. The van der Waals surface area contributed by atoms with Crippen LogP contribution < -0.4 is 10.0 Å². The fraction of sp³-hybridized carbons (Fsp3) is 0.545. The molecule has 0 amide bonds. The Balaban J connectivity index is 2.79. The molecule has 0 atom stereocenters. The van der Waals surface area contributed by atoms with E-state index in [1.54, 1.807) is 18.3 Å². The van der Waals surface area contributed by atoms with Crippen LogP contribution in [0.2, 0.25) is 0 Å². The van der Waals surface area contributed by atoms with Crippen molar-refractivity contribution in [2.24, 2.45) is 0 Å². The van der Waals surface area contributed by atoms with Crippen molar-refractivity contribution >= 4 is 21.7 Å². The van der Waals surface area contributed by atoms with Gasteiger partial charge in [-0.3, -0.25) is 4.72 Å². The van der Waals surface area contributed by atoms with E-state index in [4.69, 9.17) is 0 Å². The zero-order valence-corrected chi connectivity index (χ0v) is 12.2. The molecule has 0 aliphatic carbocycles. The minimum atomic E-state index is -3.50. The average Bonchev–Trinajstić information content (AvgIpc) is 2.18. The SMILES string of the molecule is CN(C)S(=O)(=O)Nc1ccc(NC(C)(C)C)cn1. The molecule has 1 aromatic heterocycles. The molecule has 0 bridgehead atoms. The van der Waals surface area contributed by atoms with E-state index in [1.807, 2.05) is 20.8 Å². The third-order valence-electron chi connectivity index (χ3n) is 2.00. The van der Waals surface area contributed by atoms with Gasteiger partial charge >= 0.3 is 10.2 Å². The predicted octanol–water partition coefficient (Wildman–Crippen LogP) is 1.51. The first kappa shape index (κ1) is 14.7. The largest absolute Gasteiger partial charge is 0.379 e. The van der Waals surface area contributed by atoms with Gasteiger partial charge in [0.15, 0.2) is 0 Å². The van der Waals surface area contributed by atoms with Crippen LogP contribution in [0.3, 0.4) is 0 Å². The topological polar surface area (TPSA) is 74.3 Å². The summed E-state index contributed by atoms with van der Waals surface area (Å²) in [7, 11) is -0.586. The quantitative estimate of drug-likeness (QED) is 0.871. The van der Waals surface area contributed by atoms with Crippen LogP contribution in [0.1, 0.15) is 20.8 Å². The van der Waals surface area contributed by atoms with E-state index in [0.717, 1.165) is 9.99 Å². The molecule has 0 aliphatic heterocycles. The minimum absolute atomic E-state index is 0.0632. The van der Waals surface area contributed by atoms with E-state index < -0.39 is 10.2 Å². The average molecular weight is 272 g/mol. The van der Waals surface area contributed by atoms with Gasteiger partial charge in [0, 0.05) is 19.6 Å². The molecule has 0 fully saturated rings. The lowest BCUT2D eigenvalue weighted by Crippen LogP contribution is -2.29. The normalized spacial score (nSPS) is 12.6. The van der Waals surface area contributed by atoms with Gasteiger partial charge in [0.1, 0.15) is 5.82 Å². The molecule has 18 heavy (non-hydrogen) atoms. The molecule has 2 N–H and O–H groups in total. The summed E-state index contributed by atoms with van der Waals surface area (Å²) in [6.45, 7) is 6.11. The van der Waals surface area contributed by atoms with E-state index in [9.17, 15) is 8.42 Å². The molecular weight excluding hydrogens is 252 g/mol. The zero-order valence-electron chi connectivity index (χ0n) is 11.4. The Morgan fingerprint density at radius 2 is 1.83 bits per heavy atom. The standard InChI is InChI=1S/C11H20N4O2S/c1-11(2,3)13-9-6-7-10(12-8-9)14-18(16,17)15(4)5/h6-8,13H,1-5H3,(H,12,14). The van der Waals surface area contributed by atoms with Crippen molar-refractivity contribution in [2.45, 2.75) is 26.3 Å². The van der Waals surface area contributed by atoms with Crippen LogP contribution in [0.4, 0.5) is 11.5 Å². The highest BCUT2D eigenvalue weighted by Gasteiger charge is 2.14. The monoisotopic (exact) mass is 272 g/mol. The second-order valence-electron chi connectivity index (χ2n) is 5.20. The van der Waals surface area contributed by atoms with E-state index in [-0.39, 0.29) is 5.54 Å². The van der Waals surface area contributed by atoms with Crippen LogP contribution in [-0.2, 0) is 10.2 Å². The highest BCUT2D eigenvalue weighted by molar-refractivity contribution is 7.90. The first-order valence-corrected chi connectivity index (χ1v) is 6.99. The lowest BCUT2D eigenvalue weighted by Gasteiger charge is -2.22. The summed E-state index contributed by atoms with van der Waals surface area (Å²) in [6.07, 6.45) is 1.60. The summed E-state index contributed by atoms with van der Waals surface area (Å²) >= 11 is 0. The summed E-state index contributed by atoms with van der Waals surface area (Å²) in [4.78, 5) is 4.05. The van der Waals surface area contributed by atoms with Crippen molar-refractivity contribution in [1.29, 1.82) is 0 Å². The van der Waals surface area contributed by atoms with E-state index in [2.05, 4.69) is 15.0 Å². The van der Waals surface area contributed by atoms with Gasteiger partial charge in [-0.15, -0.1) is 0 Å². The molecular formula is C11H20N4O2S. The van der Waals surface area contributed by atoms with Gasteiger partial charge in [-0.05, 0) is 32.9 Å². The Bertz CT molecular complexity index is 489. The van der Waals surface area contributed by atoms with Gasteiger partial charge in [-0.25, -0.2) is 4.98 Å². The molecule has 7 heteroatoms. The molecule has 6 nitrogen and oxygen atoms in total. The second-order valence-corrected chi connectivity index (χ2v) is 7.08. The highest BCUT2D eigenvalue weighted by Crippen LogP contribution is 2.15. The molecule has 0 radical (unpaired) electrons. The van der Waals surface area contributed by atoms with Gasteiger partial charge in [-0.1, -0.05) is 0 Å². The summed E-state index contributed by atoms with van der Waals surface area (Å²) in [5, 5.41) is 3.24. The van der Waals surface area contributed by atoms with Gasteiger partial charge in [0.2, 0.25) is 0 Å². The Hall–Kier alpha value is -1.34. The number of anilines is 2. The summed E-state index contributed by atoms with van der Waals surface area (Å²) < 4.78 is 26.6. The first-order valence-electron chi connectivity index (χ1n) is 5.55. The molecule has 0 saturated carbocycles. The summed E-state index contributed by atoms with van der Waals surface area (Å²) in [5.74, 6) is 0.295. The van der Waals surface area contributed by atoms with E-state index in [1.165, 1.54) is 14.1 Å². The number of rotatable bonds is 4. The first-order chi connectivity index (χ1) is 8.10. The molecule has 0 aromatic carbocycles. The van der Waals surface area contributed by atoms with Crippen molar-refractivity contribution in [3.63, 3.8) is 0 Å². The fourth-order valence-electron chi connectivity index (χ4n) is 1.18. The lowest BCUT2D eigenvalue weighted by molar-refractivity contribution is 0.526. The highest BCUT2D eigenvalue weighted by atomic mass is 32.2. The van der Waals surface area contributed by atoms with Gasteiger partial charge in [-0.2, -0.15) is 12.7 Å². The molecule has 0 spiro atoms. The Kier molecular flexibility index (Phi) is 4.18. The third-order valence-corrected chi connectivity index (χ3v) is 3.43. The number of hydrogen-bond donors (Lipinski definition) is 2. The molecule has 102 valence electrons. The molecule has 1 heterocycles. The van der Waals surface area contributed by atoms with Crippen LogP contribution in [0.25, 0.3) is 0 Å². The smallest absolute Gasteiger partial charge is 0.302 e. The number of nitrogens with zero attached hydrogens (tertiary/aromatic N) is 2. The Morgan fingerprint density at radius 1 is 1.22 bits per heavy atom. The van der Waals surface area contributed by atoms with Crippen LogP contribution in [0.15, 0.2) is 18.3 Å². The predicted molar refractivity (Wildman–Crippen MR) is 73.8 cm³/mol. The number of hydrogen-bond acceptors (Lipinski definition) is 4. The summed E-state index contributed by atoms with van der Waals surface area (Å²) in [5.41, 5.74) is 0.780. The van der Waals surface area contributed by atoms with Crippen molar-refractivity contribution in [3.8, 4) is 0 Å². The minimum Gasteiger partial charge on any atom is -0.379 e. The maximum Gasteiger partial charge on any atom is 0.302 e. The van der Waals surface area contributed by atoms with Crippen molar-refractivity contribution in [2.75, 3.05) is 24.1 Å². The number of pyridine rings is 1. The molecule has 0 unspecified atom stereocenters. The maximum absolute atomic E-state index is 11.6. The lowest BCUT2D eigenvalue weighted by atomic mass is 10.1. The van der Waals surface area contributed by atoms with Crippen LogP contribution >= 0.6 is 0 Å². The number of aromatic nitrogens is 1. The number of nitrogens with one attached hydrogen (secondary N) is 2. The van der Waals surface area contributed by atoms with E-state index >= 15 is 0 Å². The molecule has 0 aliphatic rings. The third kappa shape index (κ3) is 4.50. The van der Waals surface area contributed by atoms with Crippen molar-refractivity contribution in [1.82, 2.24) is 9.29 Å². The van der Waals surface area contributed by atoms with Crippen molar-refractivity contribution in [3.05, 3.63) is 18.3 Å². The van der Waals surface area contributed by atoms with Gasteiger partial charge in [0.05, 0.1) is 11.9 Å². The second kappa shape index (κ2) is 5.11. The van der Waals surface area contributed by atoms with Crippen LogP contribution in [0, 0.1) is 0 Å². The van der Waals surface area contributed by atoms with Crippen molar-refractivity contribution < 1.29 is 8.42 Å². The Labute approximate surface area is 109 Å². The van der Waals surface area contributed by atoms with Crippen LogP contribution in [-0.4, -0.2) is 37.3 Å². The zero-order chi connectivity index (χ0) is 14.0. The van der Waals surface area contributed by atoms with Crippen LogP contribution in [0.5, 0.6) is 0 Å². The summed E-state index contributed by atoms with van der Waals surface area (Å²) in [6, 6.07) is 3.40.